The summed E-state index contributed by atoms with van der Waals surface area (Å²) in [6.07, 6.45) is 0.425. The van der Waals surface area contributed by atoms with Crippen LogP contribution in [0.1, 0.15) is 13.3 Å². The molecule has 0 fully saturated rings. The quantitative estimate of drug-likeness (QED) is 0.539. The van der Waals surface area contributed by atoms with Crippen molar-refractivity contribution in [3.63, 3.8) is 0 Å². The van der Waals surface area contributed by atoms with Gasteiger partial charge in [-0.2, -0.15) is 0 Å². The van der Waals surface area contributed by atoms with Gasteiger partial charge >= 0.3 is 0 Å². The highest BCUT2D eigenvalue weighted by Crippen LogP contribution is 2.00. The summed E-state index contributed by atoms with van der Waals surface area (Å²) in [4.78, 5) is 12.3. The van der Waals surface area contributed by atoms with Crippen LogP contribution in [-0.4, -0.2) is 30.3 Å². The summed E-state index contributed by atoms with van der Waals surface area (Å²) in [7, 11) is 3.45. The predicted molar refractivity (Wildman–Crippen MR) is 38.6 cm³/mol. The van der Waals surface area contributed by atoms with Gasteiger partial charge in [0.25, 0.3) is 0 Å². The second-order valence-electron chi connectivity index (χ2n) is 2.27. The van der Waals surface area contributed by atoms with Crippen LogP contribution in [0.3, 0.4) is 0 Å². The lowest BCUT2D eigenvalue weighted by Crippen LogP contribution is -2.23. The number of nitrogens with zero attached hydrogens (tertiary/aromatic N) is 1. The van der Waals surface area contributed by atoms with Crippen molar-refractivity contribution in [2.45, 2.75) is 18.7 Å². The Bertz CT molecular complexity index is 101. The highest BCUT2D eigenvalue weighted by molar-refractivity contribution is 6.21. The number of rotatable bonds is 2. The Labute approximate surface area is 60.8 Å². The molecule has 0 radical (unpaired) electrons. The first-order chi connectivity index (χ1) is 4.04. The Balaban J connectivity index is 3.51. The Hall–Kier alpha value is -0.240. The minimum absolute atomic E-state index is 0.0556. The molecule has 0 unspecified atom stereocenters. The largest absolute Gasteiger partial charge is 0.349 e. The SMILES string of the molecule is C[C@@H](Cl)CC(=O)N(C)C. The first kappa shape index (κ1) is 8.76. The third-order valence-electron chi connectivity index (χ3n) is 0.955. The number of halogens is 1. The number of hydrogen-bond acceptors (Lipinski definition) is 1. The fourth-order valence-electron chi connectivity index (χ4n) is 0.423. The van der Waals surface area contributed by atoms with Crippen LogP contribution in [0, 0.1) is 0 Å². The summed E-state index contributed by atoms with van der Waals surface area (Å²) in [5, 5.41) is -0.0556. The van der Waals surface area contributed by atoms with Crippen LogP contribution in [0.5, 0.6) is 0 Å². The molecule has 0 spiro atoms. The molecule has 0 aliphatic heterocycles. The molecule has 0 aromatic heterocycles. The van der Waals surface area contributed by atoms with E-state index in [9.17, 15) is 4.79 Å². The number of alkyl halides is 1. The van der Waals surface area contributed by atoms with Crippen LogP contribution in [0.2, 0.25) is 0 Å². The highest BCUT2D eigenvalue weighted by Gasteiger charge is 2.06. The van der Waals surface area contributed by atoms with Gasteiger partial charge in [0, 0.05) is 25.9 Å². The predicted octanol–water partition coefficient (Wildman–Crippen LogP) is 1.09. The fourth-order valence-corrected chi connectivity index (χ4v) is 0.555. The first-order valence-electron chi connectivity index (χ1n) is 2.88. The molecule has 0 aromatic rings. The summed E-state index contributed by atoms with van der Waals surface area (Å²) >= 11 is 5.57. The molecule has 9 heavy (non-hydrogen) atoms. The molecular formula is C6H12ClNO. The van der Waals surface area contributed by atoms with Gasteiger partial charge in [-0.05, 0) is 6.92 Å². The average Bonchev–Trinajstić information content (AvgIpc) is 1.63. The lowest BCUT2D eigenvalue weighted by molar-refractivity contribution is -0.128. The van der Waals surface area contributed by atoms with Crippen molar-refractivity contribution in [3.05, 3.63) is 0 Å². The van der Waals surface area contributed by atoms with Gasteiger partial charge in [-0.3, -0.25) is 4.79 Å². The van der Waals surface area contributed by atoms with E-state index in [0.717, 1.165) is 0 Å². The van der Waals surface area contributed by atoms with Gasteiger partial charge in [0.15, 0.2) is 0 Å². The van der Waals surface area contributed by atoms with Crippen LogP contribution in [0.25, 0.3) is 0 Å². The summed E-state index contributed by atoms with van der Waals surface area (Å²) < 4.78 is 0. The van der Waals surface area contributed by atoms with Crippen LogP contribution < -0.4 is 0 Å². The van der Waals surface area contributed by atoms with E-state index in [1.54, 1.807) is 19.0 Å². The summed E-state index contributed by atoms with van der Waals surface area (Å²) in [6, 6.07) is 0. The Kier molecular flexibility index (Phi) is 3.62. The monoisotopic (exact) mass is 149 g/mol. The third-order valence-corrected chi connectivity index (χ3v) is 1.11. The van der Waals surface area contributed by atoms with Crippen molar-refractivity contribution in [1.29, 1.82) is 0 Å². The molecule has 0 rings (SSSR count). The Morgan fingerprint density at radius 2 is 2.11 bits per heavy atom. The molecule has 54 valence electrons. The maximum Gasteiger partial charge on any atom is 0.223 e. The second kappa shape index (κ2) is 3.72. The molecule has 1 atom stereocenters. The van der Waals surface area contributed by atoms with E-state index >= 15 is 0 Å². The van der Waals surface area contributed by atoms with E-state index in [-0.39, 0.29) is 11.3 Å². The zero-order chi connectivity index (χ0) is 7.44. The summed E-state index contributed by atoms with van der Waals surface area (Å²) in [5.41, 5.74) is 0. The minimum atomic E-state index is -0.0556. The van der Waals surface area contributed by atoms with Gasteiger partial charge in [-0.15, -0.1) is 11.6 Å². The van der Waals surface area contributed by atoms with Gasteiger partial charge in [0.1, 0.15) is 0 Å². The molecule has 1 amide bonds. The van der Waals surface area contributed by atoms with Crippen molar-refractivity contribution >= 4 is 17.5 Å². The molecule has 0 heterocycles. The summed E-state index contributed by atoms with van der Waals surface area (Å²) in [5.74, 6) is 0.0810. The number of carbonyl (C=O) groups is 1. The minimum Gasteiger partial charge on any atom is -0.349 e. The van der Waals surface area contributed by atoms with Gasteiger partial charge in [0.2, 0.25) is 5.91 Å². The molecule has 0 aromatic carbocycles. The second-order valence-corrected chi connectivity index (χ2v) is 3.02. The van der Waals surface area contributed by atoms with E-state index in [2.05, 4.69) is 0 Å². The van der Waals surface area contributed by atoms with E-state index in [1.165, 1.54) is 0 Å². The number of hydrogen-bond donors (Lipinski definition) is 0. The number of carbonyl (C=O) groups excluding carboxylic acids is 1. The summed E-state index contributed by atoms with van der Waals surface area (Å²) in [6.45, 7) is 1.81. The highest BCUT2D eigenvalue weighted by atomic mass is 35.5. The van der Waals surface area contributed by atoms with E-state index in [4.69, 9.17) is 11.6 Å². The molecule has 0 bridgehead atoms. The third kappa shape index (κ3) is 4.28. The zero-order valence-electron chi connectivity index (χ0n) is 6.02. The maximum atomic E-state index is 10.8. The zero-order valence-corrected chi connectivity index (χ0v) is 6.77. The number of amides is 1. The van der Waals surface area contributed by atoms with Gasteiger partial charge in [0.05, 0.1) is 0 Å². The Morgan fingerprint density at radius 3 is 2.22 bits per heavy atom. The van der Waals surface area contributed by atoms with Gasteiger partial charge in [-0.1, -0.05) is 0 Å². The van der Waals surface area contributed by atoms with Crippen molar-refractivity contribution in [2.75, 3.05) is 14.1 Å². The van der Waals surface area contributed by atoms with E-state index in [1.807, 2.05) is 6.92 Å². The van der Waals surface area contributed by atoms with Crippen LogP contribution in [0.15, 0.2) is 0 Å². The Morgan fingerprint density at radius 1 is 1.67 bits per heavy atom. The van der Waals surface area contributed by atoms with E-state index in [0.29, 0.717) is 6.42 Å². The van der Waals surface area contributed by atoms with Crippen LogP contribution >= 0.6 is 11.6 Å². The molecular weight excluding hydrogens is 138 g/mol. The van der Waals surface area contributed by atoms with Crippen LogP contribution in [0.4, 0.5) is 0 Å². The topological polar surface area (TPSA) is 20.3 Å². The van der Waals surface area contributed by atoms with E-state index < -0.39 is 0 Å². The lowest BCUT2D eigenvalue weighted by Gasteiger charge is -2.10. The molecule has 0 aliphatic rings. The molecule has 2 nitrogen and oxygen atoms in total. The van der Waals surface area contributed by atoms with Crippen molar-refractivity contribution in [2.24, 2.45) is 0 Å². The van der Waals surface area contributed by atoms with Crippen molar-refractivity contribution in [3.8, 4) is 0 Å². The standard InChI is InChI=1S/C6H12ClNO/c1-5(7)4-6(9)8(2)3/h5H,4H2,1-3H3/t5-/m1/s1. The molecule has 3 heteroatoms. The average molecular weight is 150 g/mol. The molecule has 0 N–H and O–H groups in total. The van der Waals surface area contributed by atoms with Crippen molar-refractivity contribution in [1.82, 2.24) is 4.90 Å². The molecule has 0 saturated carbocycles. The van der Waals surface area contributed by atoms with Gasteiger partial charge in [-0.25, -0.2) is 0 Å². The normalized spacial score (nSPS) is 12.9. The maximum absolute atomic E-state index is 10.8. The molecule has 0 saturated heterocycles. The lowest BCUT2D eigenvalue weighted by atomic mass is 10.3. The van der Waals surface area contributed by atoms with Gasteiger partial charge < -0.3 is 4.90 Å². The van der Waals surface area contributed by atoms with Crippen LogP contribution in [-0.2, 0) is 4.79 Å². The fraction of sp³-hybridized carbons (Fsp3) is 0.833. The smallest absolute Gasteiger partial charge is 0.223 e. The first-order valence-corrected chi connectivity index (χ1v) is 3.32. The molecule has 0 aliphatic carbocycles. The van der Waals surface area contributed by atoms with Crippen molar-refractivity contribution < 1.29 is 4.79 Å².